The Labute approximate surface area is 213 Å². The monoisotopic (exact) mass is 496 g/mol. The summed E-state index contributed by atoms with van der Waals surface area (Å²) in [5, 5.41) is -0.0894. The minimum atomic E-state index is -0.457. The van der Waals surface area contributed by atoms with Crippen molar-refractivity contribution in [3.63, 3.8) is 0 Å². The van der Waals surface area contributed by atoms with Crippen LogP contribution in [0.2, 0.25) is 0 Å². The summed E-state index contributed by atoms with van der Waals surface area (Å²) in [6.07, 6.45) is 28.9. The van der Waals surface area contributed by atoms with Gasteiger partial charge in [0.25, 0.3) is 0 Å². The first-order valence-corrected chi connectivity index (χ1v) is 16.6. The van der Waals surface area contributed by atoms with E-state index in [0.717, 1.165) is 12.8 Å². The Bertz CT molecular complexity index is 550. The Hall–Kier alpha value is 0.310. The van der Waals surface area contributed by atoms with Crippen LogP contribution in [0.4, 0.5) is 0 Å². The molecule has 0 unspecified atom stereocenters. The van der Waals surface area contributed by atoms with Crippen molar-refractivity contribution in [2.75, 3.05) is 6.16 Å². The predicted molar refractivity (Wildman–Crippen MR) is 147 cm³/mol. The molecule has 4 aliphatic rings. The SMILES string of the molecule is CCCCCCCCCCCCCCCCCCCCP1[C@@]2(C)C[C@]3(C)O[C@@](C)(C[C@@]1(C)O3)O2. The Morgan fingerprint density at radius 3 is 1.15 bits per heavy atom. The summed E-state index contributed by atoms with van der Waals surface area (Å²) in [7, 11) is -0.303. The van der Waals surface area contributed by atoms with Crippen molar-refractivity contribution >= 4 is 7.92 Å². The second-order valence-corrected chi connectivity index (χ2v) is 15.6. The van der Waals surface area contributed by atoms with Crippen LogP contribution >= 0.6 is 7.92 Å². The fraction of sp³-hybridized carbons (Fsp3) is 1.00. The van der Waals surface area contributed by atoms with Crippen LogP contribution in [0.5, 0.6) is 0 Å². The third kappa shape index (κ3) is 8.16. The molecule has 4 saturated heterocycles. The molecule has 0 spiro atoms. The standard InChI is InChI=1S/C30H57O3P/c1-6-7-8-9-10-11-12-13-14-15-16-17-18-19-20-21-22-23-24-34-29(4)25-27(2)31-28(3,33-29)26-30(34,5)32-27/h6-26H2,1-5H3/t27-,28-,29+,30+/m1/s1. The van der Waals surface area contributed by atoms with Crippen LogP contribution in [0.15, 0.2) is 0 Å². The molecule has 0 aromatic heterocycles. The number of rotatable bonds is 19. The van der Waals surface area contributed by atoms with E-state index in [4.69, 9.17) is 14.2 Å². The highest BCUT2D eigenvalue weighted by Crippen LogP contribution is 2.76. The quantitative estimate of drug-likeness (QED) is 0.131. The topological polar surface area (TPSA) is 27.7 Å². The van der Waals surface area contributed by atoms with Crippen LogP contribution in [0.1, 0.15) is 163 Å². The lowest BCUT2D eigenvalue weighted by molar-refractivity contribution is -0.468. The zero-order valence-corrected chi connectivity index (χ0v) is 24.4. The summed E-state index contributed by atoms with van der Waals surface area (Å²) in [5.74, 6) is -0.914. The van der Waals surface area contributed by atoms with Gasteiger partial charge in [0, 0.05) is 12.8 Å². The van der Waals surface area contributed by atoms with Gasteiger partial charge >= 0.3 is 0 Å². The fourth-order valence-electron chi connectivity index (χ4n) is 7.28. The summed E-state index contributed by atoms with van der Waals surface area (Å²) in [5.41, 5.74) is 0. The van der Waals surface area contributed by atoms with Gasteiger partial charge < -0.3 is 14.2 Å². The minimum absolute atomic E-state index is 0.0447. The van der Waals surface area contributed by atoms with Crippen LogP contribution in [0.3, 0.4) is 0 Å². The van der Waals surface area contributed by atoms with Gasteiger partial charge in [-0.25, -0.2) is 0 Å². The average Bonchev–Trinajstić information content (AvgIpc) is 2.71. The van der Waals surface area contributed by atoms with Gasteiger partial charge in [0.15, 0.2) is 11.6 Å². The molecule has 4 bridgehead atoms. The first-order chi connectivity index (χ1) is 16.2. The molecule has 0 aromatic carbocycles. The molecule has 4 aliphatic heterocycles. The number of unbranched alkanes of at least 4 members (excludes halogenated alkanes) is 17. The van der Waals surface area contributed by atoms with Crippen molar-refractivity contribution in [2.24, 2.45) is 0 Å². The minimum Gasteiger partial charge on any atom is -0.339 e. The van der Waals surface area contributed by atoms with Gasteiger partial charge in [-0.1, -0.05) is 116 Å². The third-order valence-corrected chi connectivity index (χ3v) is 12.0. The maximum Gasteiger partial charge on any atom is 0.173 e. The van der Waals surface area contributed by atoms with Crippen LogP contribution in [0, 0.1) is 0 Å². The summed E-state index contributed by atoms with van der Waals surface area (Å²) < 4.78 is 19.3. The molecule has 3 nitrogen and oxygen atoms in total. The highest BCUT2D eigenvalue weighted by atomic mass is 31.1. The molecular weight excluding hydrogens is 439 g/mol. The summed E-state index contributed by atoms with van der Waals surface area (Å²) in [6, 6.07) is 0. The molecule has 0 aliphatic carbocycles. The highest BCUT2D eigenvalue weighted by Gasteiger charge is 2.70. The fourth-order valence-corrected chi connectivity index (χ4v) is 11.3. The highest BCUT2D eigenvalue weighted by molar-refractivity contribution is 7.60. The molecule has 0 radical (unpaired) electrons. The summed E-state index contributed by atoms with van der Waals surface area (Å²) in [4.78, 5) is 0. The lowest BCUT2D eigenvalue weighted by Gasteiger charge is -2.69. The van der Waals surface area contributed by atoms with Crippen LogP contribution in [-0.2, 0) is 14.2 Å². The van der Waals surface area contributed by atoms with E-state index in [2.05, 4.69) is 34.6 Å². The van der Waals surface area contributed by atoms with E-state index in [9.17, 15) is 0 Å². The van der Waals surface area contributed by atoms with Crippen molar-refractivity contribution in [1.29, 1.82) is 0 Å². The largest absolute Gasteiger partial charge is 0.339 e. The van der Waals surface area contributed by atoms with Crippen molar-refractivity contribution < 1.29 is 14.2 Å². The van der Waals surface area contributed by atoms with Crippen molar-refractivity contribution in [3.8, 4) is 0 Å². The van der Waals surface area contributed by atoms with Gasteiger partial charge in [0.2, 0.25) is 0 Å². The second kappa shape index (κ2) is 13.2. The number of hydrogen-bond acceptors (Lipinski definition) is 3. The Morgan fingerprint density at radius 1 is 0.471 bits per heavy atom. The van der Waals surface area contributed by atoms with Gasteiger partial charge in [0.05, 0.1) is 10.7 Å². The zero-order chi connectivity index (χ0) is 24.5. The zero-order valence-electron chi connectivity index (χ0n) is 23.5. The summed E-state index contributed by atoms with van der Waals surface area (Å²) in [6.45, 7) is 11.2. The molecular formula is C30H57O3P. The molecule has 0 saturated carbocycles. The normalized spacial score (nSPS) is 36.4. The van der Waals surface area contributed by atoms with E-state index < -0.39 is 11.6 Å². The van der Waals surface area contributed by atoms with E-state index in [0.29, 0.717) is 0 Å². The molecule has 34 heavy (non-hydrogen) atoms. The first-order valence-electron chi connectivity index (χ1n) is 15.1. The molecule has 4 atom stereocenters. The molecule has 200 valence electrons. The van der Waals surface area contributed by atoms with Crippen LogP contribution in [-0.4, -0.2) is 28.4 Å². The van der Waals surface area contributed by atoms with Gasteiger partial charge in [-0.2, -0.15) is 0 Å². The lowest BCUT2D eigenvalue weighted by atomic mass is 9.98. The average molecular weight is 497 g/mol. The van der Waals surface area contributed by atoms with Crippen LogP contribution in [0.25, 0.3) is 0 Å². The van der Waals surface area contributed by atoms with E-state index in [1.165, 1.54) is 122 Å². The van der Waals surface area contributed by atoms with E-state index in [1.807, 2.05) is 0 Å². The smallest absolute Gasteiger partial charge is 0.173 e. The van der Waals surface area contributed by atoms with Gasteiger partial charge in [-0.3, -0.25) is 0 Å². The van der Waals surface area contributed by atoms with E-state index in [1.54, 1.807) is 0 Å². The Kier molecular flexibility index (Phi) is 11.2. The van der Waals surface area contributed by atoms with Gasteiger partial charge in [-0.15, -0.1) is 0 Å². The van der Waals surface area contributed by atoms with Crippen molar-refractivity contribution in [1.82, 2.24) is 0 Å². The molecule has 4 rings (SSSR count). The molecule has 0 N–H and O–H groups in total. The van der Waals surface area contributed by atoms with Crippen molar-refractivity contribution in [2.45, 2.75) is 185 Å². The van der Waals surface area contributed by atoms with Crippen LogP contribution < -0.4 is 0 Å². The second-order valence-electron chi connectivity index (χ2n) is 12.4. The third-order valence-electron chi connectivity index (χ3n) is 8.48. The van der Waals surface area contributed by atoms with E-state index in [-0.39, 0.29) is 18.6 Å². The maximum absolute atomic E-state index is 6.56. The van der Waals surface area contributed by atoms with Gasteiger partial charge in [0.1, 0.15) is 0 Å². The molecule has 4 heterocycles. The maximum atomic E-state index is 6.56. The summed E-state index contributed by atoms with van der Waals surface area (Å²) >= 11 is 0. The predicted octanol–water partition coefficient (Wildman–Crippen LogP) is 10.2. The molecule has 0 amide bonds. The Morgan fingerprint density at radius 2 is 0.794 bits per heavy atom. The Balaban J connectivity index is 1.14. The molecule has 4 fully saturated rings. The van der Waals surface area contributed by atoms with Gasteiger partial charge in [-0.05, 0) is 48.2 Å². The lowest BCUT2D eigenvalue weighted by Crippen LogP contribution is -2.71. The molecule has 4 heteroatoms. The molecule has 0 aromatic rings. The van der Waals surface area contributed by atoms with E-state index >= 15 is 0 Å². The number of ether oxygens (including phenoxy) is 3. The van der Waals surface area contributed by atoms with Crippen molar-refractivity contribution in [3.05, 3.63) is 0 Å². The first kappa shape index (κ1) is 28.9. The number of hydrogen-bond donors (Lipinski definition) is 0.